The van der Waals surface area contributed by atoms with Gasteiger partial charge in [0.1, 0.15) is 5.01 Å². The second-order valence-electron chi connectivity index (χ2n) is 6.36. The Kier molecular flexibility index (Phi) is 5.66. The number of hydrogen-bond acceptors (Lipinski definition) is 5. The number of aromatic nitrogens is 1. The minimum Gasteiger partial charge on any atom is -0.461 e. The second-order valence-corrected chi connectivity index (χ2v) is 7.25. The Morgan fingerprint density at radius 1 is 1.38 bits per heavy atom. The summed E-state index contributed by atoms with van der Waals surface area (Å²) in [6.07, 6.45) is 10.3. The molecule has 1 amide bonds. The molecule has 0 bridgehead atoms. The van der Waals surface area contributed by atoms with Crippen molar-refractivity contribution >= 4 is 23.2 Å². The lowest BCUT2D eigenvalue weighted by Gasteiger charge is -2.25. The molecule has 5 nitrogen and oxygen atoms in total. The largest absolute Gasteiger partial charge is 0.461 e. The van der Waals surface area contributed by atoms with Gasteiger partial charge >= 0.3 is 5.97 Å². The third kappa shape index (κ3) is 3.86. The molecule has 6 heteroatoms. The SMILES string of the molecule is CCOC(=O)c1csc([C@@H]2CCCN2C(=O)C[C@@H]2C=CCCC2)n1. The van der Waals surface area contributed by atoms with E-state index in [1.807, 2.05) is 4.90 Å². The van der Waals surface area contributed by atoms with Crippen molar-refractivity contribution in [3.8, 4) is 0 Å². The lowest BCUT2D eigenvalue weighted by molar-refractivity contribution is -0.132. The molecule has 0 N–H and O–H groups in total. The summed E-state index contributed by atoms with van der Waals surface area (Å²) in [5.74, 6) is 0.198. The van der Waals surface area contributed by atoms with Crippen molar-refractivity contribution in [3.05, 3.63) is 28.2 Å². The van der Waals surface area contributed by atoms with Gasteiger partial charge in [0.2, 0.25) is 5.91 Å². The molecule has 1 fully saturated rings. The van der Waals surface area contributed by atoms with Gasteiger partial charge in [0, 0.05) is 18.3 Å². The highest BCUT2D eigenvalue weighted by atomic mass is 32.1. The minimum absolute atomic E-state index is 0.0123. The summed E-state index contributed by atoms with van der Waals surface area (Å²) >= 11 is 1.45. The second kappa shape index (κ2) is 7.92. The van der Waals surface area contributed by atoms with Gasteiger partial charge in [0.05, 0.1) is 12.6 Å². The van der Waals surface area contributed by atoms with Crippen LogP contribution in [0, 0.1) is 5.92 Å². The molecule has 3 rings (SSSR count). The van der Waals surface area contributed by atoms with E-state index in [2.05, 4.69) is 17.1 Å². The Hall–Kier alpha value is -1.69. The van der Waals surface area contributed by atoms with Gasteiger partial charge < -0.3 is 9.64 Å². The third-order valence-corrected chi connectivity index (χ3v) is 5.60. The van der Waals surface area contributed by atoms with Crippen LogP contribution in [0.5, 0.6) is 0 Å². The molecular formula is C18H24N2O3S. The maximum Gasteiger partial charge on any atom is 0.357 e. The van der Waals surface area contributed by atoms with Crippen LogP contribution < -0.4 is 0 Å². The van der Waals surface area contributed by atoms with Crippen LogP contribution in [0.15, 0.2) is 17.5 Å². The van der Waals surface area contributed by atoms with Crippen molar-refractivity contribution in [1.29, 1.82) is 0 Å². The van der Waals surface area contributed by atoms with E-state index in [1.165, 1.54) is 17.8 Å². The number of carbonyl (C=O) groups excluding carboxylic acids is 2. The molecule has 2 aliphatic rings. The smallest absolute Gasteiger partial charge is 0.357 e. The van der Waals surface area contributed by atoms with Gasteiger partial charge in [-0.25, -0.2) is 9.78 Å². The zero-order valence-electron chi connectivity index (χ0n) is 14.1. The fourth-order valence-corrected chi connectivity index (χ4v) is 4.39. The van der Waals surface area contributed by atoms with E-state index in [-0.39, 0.29) is 17.9 Å². The maximum absolute atomic E-state index is 12.7. The van der Waals surface area contributed by atoms with Gasteiger partial charge in [-0.3, -0.25) is 4.79 Å². The molecule has 0 spiro atoms. The van der Waals surface area contributed by atoms with Crippen molar-refractivity contribution in [2.24, 2.45) is 5.92 Å². The average molecular weight is 348 g/mol. The van der Waals surface area contributed by atoms with Crippen molar-refractivity contribution in [2.45, 2.75) is 51.5 Å². The van der Waals surface area contributed by atoms with Crippen molar-refractivity contribution in [1.82, 2.24) is 9.88 Å². The molecule has 130 valence electrons. The number of allylic oxidation sites excluding steroid dienone is 2. The summed E-state index contributed by atoms with van der Waals surface area (Å²) < 4.78 is 5.00. The molecule has 0 aromatic carbocycles. The molecule has 1 aliphatic carbocycles. The third-order valence-electron chi connectivity index (χ3n) is 4.66. The molecule has 0 radical (unpaired) electrons. The monoisotopic (exact) mass is 348 g/mol. The summed E-state index contributed by atoms with van der Waals surface area (Å²) in [5, 5.41) is 2.58. The highest BCUT2D eigenvalue weighted by Gasteiger charge is 2.33. The van der Waals surface area contributed by atoms with E-state index < -0.39 is 0 Å². The summed E-state index contributed by atoms with van der Waals surface area (Å²) in [6.45, 7) is 2.91. The normalized spacial score (nSPS) is 23.5. The number of esters is 1. The van der Waals surface area contributed by atoms with E-state index in [0.29, 0.717) is 24.6 Å². The Balaban J connectivity index is 1.66. The van der Waals surface area contributed by atoms with Crippen LogP contribution in [0.25, 0.3) is 0 Å². The van der Waals surface area contributed by atoms with Crippen molar-refractivity contribution < 1.29 is 14.3 Å². The lowest BCUT2D eigenvalue weighted by atomic mass is 9.92. The number of nitrogens with zero attached hydrogens (tertiary/aromatic N) is 2. The fourth-order valence-electron chi connectivity index (χ4n) is 3.46. The number of carbonyl (C=O) groups is 2. The van der Waals surface area contributed by atoms with Gasteiger partial charge in [-0.2, -0.15) is 0 Å². The number of rotatable bonds is 5. The van der Waals surface area contributed by atoms with E-state index in [4.69, 9.17) is 4.74 Å². The first-order valence-electron chi connectivity index (χ1n) is 8.77. The molecule has 1 saturated heterocycles. The van der Waals surface area contributed by atoms with Gasteiger partial charge in [-0.15, -0.1) is 11.3 Å². The Morgan fingerprint density at radius 3 is 3.00 bits per heavy atom. The molecule has 1 aromatic rings. The predicted molar refractivity (Wildman–Crippen MR) is 92.9 cm³/mol. The molecule has 0 unspecified atom stereocenters. The molecule has 0 saturated carbocycles. The van der Waals surface area contributed by atoms with E-state index in [1.54, 1.807) is 12.3 Å². The van der Waals surface area contributed by atoms with Gasteiger partial charge in [0.25, 0.3) is 0 Å². The zero-order chi connectivity index (χ0) is 16.9. The summed E-state index contributed by atoms with van der Waals surface area (Å²) in [7, 11) is 0. The van der Waals surface area contributed by atoms with E-state index >= 15 is 0 Å². The molecule has 1 aliphatic heterocycles. The quantitative estimate of drug-likeness (QED) is 0.601. The van der Waals surface area contributed by atoms with Gasteiger partial charge in [-0.05, 0) is 44.9 Å². The summed E-state index contributed by atoms with van der Waals surface area (Å²) in [6, 6.07) is 0.0123. The first kappa shape index (κ1) is 17.1. The zero-order valence-corrected chi connectivity index (χ0v) is 14.9. The maximum atomic E-state index is 12.7. The van der Waals surface area contributed by atoms with Crippen LogP contribution in [0.3, 0.4) is 0 Å². The van der Waals surface area contributed by atoms with E-state index in [9.17, 15) is 9.59 Å². The van der Waals surface area contributed by atoms with Crippen LogP contribution in [0.2, 0.25) is 0 Å². The fraction of sp³-hybridized carbons (Fsp3) is 0.611. The molecule has 2 heterocycles. The van der Waals surface area contributed by atoms with Crippen LogP contribution in [0.1, 0.15) is 67.0 Å². The highest BCUT2D eigenvalue weighted by Crippen LogP contribution is 2.35. The number of amides is 1. The summed E-state index contributed by atoms with van der Waals surface area (Å²) in [5.41, 5.74) is 0.353. The predicted octanol–water partition coefficient (Wildman–Crippen LogP) is 3.73. The minimum atomic E-state index is -0.386. The Morgan fingerprint density at radius 2 is 2.25 bits per heavy atom. The van der Waals surface area contributed by atoms with Crippen LogP contribution >= 0.6 is 11.3 Å². The number of hydrogen-bond donors (Lipinski definition) is 0. The Labute approximate surface area is 146 Å². The summed E-state index contributed by atoms with van der Waals surface area (Å²) in [4.78, 5) is 30.9. The molecule has 1 aromatic heterocycles. The van der Waals surface area contributed by atoms with Crippen molar-refractivity contribution in [2.75, 3.05) is 13.2 Å². The van der Waals surface area contributed by atoms with Crippen LogP contribution in [0.4, 0.5) is 0 Å². The average Bonchev–Trinajstić information content (AvgIpc) is 3.25. The van der Waals surface area contributed by atoms with Crippen LogP contribution in [-0.4, -0.2) is 34.9 Å². The van der Waals surface area contributed by atoms with Gasteiger partial charge in [0.15, 0.2) is 5.69 Å². The van der Waals surface area contributed by atoms with Crippen molar-refractivity contribution in [3.63, 3.8) is 0 Å². The van der Waals surface area contributed by atoms with Crippen LogP contribution in [-0.2, 0) is 9.53 Å². The molecule has 24 heavy (non-hydrogen) atoms. The van der Waals surface area contributed by atoms with E-state index in [0.717, 1.165) is 37.2 Å². The number of ether oxygens (including phenoxy) is 1. The first-order chi connectivity index (χ1) is 11.7. The topological polar surface area (TPSA) is 59.5 Å². The standard InChI is InChI=1S/C18H24N2O3S/c1-2-23-18(22)14-12-24-17(19-14)15-9-6-10-20(15)16(21)11-13-7-4-3-5-8-13/h4,7,12-13,15H,2-3,5-6,8-11H2,1H3/t13-,15+/m1/s1. The first-order valence-corrected chi connectivity index (χ1v) is 9.65. The highest BCUT2D eigenvalue weighted by molar-refractivity contribution is 7.09. The number of thiazole rings is 1. The number of likely N-dealkylation sites (tertiary alicyclic amines) is 1. The molecular weight excluding hydrogens is 324 g/mol. The molecule has 2 atom stereocenters. The lowest BCUT2D eigenvalue weighted by Crippen LogP contribution is -2.32. The van der Waals surface area contributed by atoms with Gasteiger partial charge in [-0.1, -0.05) is 12.2 Å². The Bertz CT molecular complexity index is 626.